The summed E-state index contributed by atoms with van der Waals surface area (Å²) in [5.41, 5.74) is 2.04. The molecule has 0 bridgehead atoms. The number of methoxy groups -OCH3 is 2. The normalized spacial score (nSPS) is 16.3. The summed E-state index contributed by atoms with van der Waals surface area (Å²) in [5, 5.41) is 19.6. The number of nitrogens with zero attached hydrogens (tertiary/aromatic N) is 1. The van der Waals surface area contributed by atoms with Gasteiger partial charge in [-0.2, -0.15) is 0 Å². The van der Waals surface area contributed by atoms with Crippen molar-refractivity contribution in [3.63, 3.8) is 0 Å². The zero-order valence-corrected chi connectivity index (χ0v) is 18.1. The molecule has 1 heterocycles. The number of aromatic hydroxyl groups is 2. The molecule has 0 atom stereocenters. The molecule has 8 nitrogen and oxygen atoms in total. The highest BCUT2D eigenvalue weighted by atomic mass is 16.6. The van der Waals surface area contributed by atoms with Crippen molar-refractivity contribution >= 4 is 24.0 Å². The minimum absolute atomic E-state index is 0.0142. The molecule has 0 aliphatic carbocycles. The minimum Gasteiger partial charge on any atom is -0.504 e. The topological polar surface area (TPSA) is 106 Å². The van der Waals surface area contributed by atoms with Gasteiger partial charge in [0, 0.05) is 11.1 Å². The van der Waals surface area contributed by atoms with Crippen LogP contribution in [-0.4, -0.2) is 60.9 Å². The number of benzene rings is 2. The number of ketones is 1. The number of carbonyl (C=O) groups excluding carboxylic acids is 2. The zero-order chi connectivity index (χ0) is 23.3. The predicted molar refractivity (Wildman–Crippen MR) is 119 cm³/mol. The van der Waals surface area contributed by atoms with Crippen LogP contribution in [0.15, 0.2) is 47.5 Å². The van der Waals surface area contributed by atoms with Crippen LogP contribution in [0.1, 0.15) is 18.1 Å². The van der Waals surface area contributed by atoms with Crippen molar-refractivity contribution in [1.82, 2.24) is 4.90 Å². The molecule has 1 amide bonds. The van der Waals surface area contributed by atoms with Crippen molar-refractivity contribution in [1.29, 1.82) is 0 Å². The van der Waals surface area contributed by atoms with Crippen LogP contribution in [0.2, 0.25) is 0 Å². The van der Waals surface area contributed by atoms with E-state index in [4.69, 9.17) is 14.2 Å². The van der Waals surface area contributed by atoms with Crippen LogP contribution in [0.4, 0.5) is 4.79 Å². The number of carbonyl (C=O) groups is 2. The monoisotopic (exact) mass is 439 g/mol. The molecule has 1 aliphatic rings. The fourth-order valence-electron chi connectivity index (χ4n) is 3.35. The maximum atomic E-state index is 13.2. The second kappa shape index (κ2) is 9.91. The van der Waals surface area contributed by atoms with Gasteiger partial charge in [0.05, 0.1) is 33.9 Å². The molecule has 1 saturated heterocycles. The van der Waals surface area contributed by atoms with Gasteiger partial charge in [0.15, 0.2) is 28.8 Å². The standard InChI is InChI=1S/C24H25NO7/c1-4-32-24(29)25-13-17(9-15-5-7-19(26)21(11-15)30-2)23(28)18(14-25)10-16-6-8-20(27)22(12-16)31-3/h5-12,26-27H,4,13-14H2,1-3H3. The molecule has 0 spiro atoms. The average molecular weight is 439 g/mol. The Morgan fingerprint density at radius 2 is 1.41 bits per heavy atom. The van der Waals surface area contributed by atoms with Gasteiger partial charge >= 0.3 is 6.09 Å². The lowest BCUT2D eigenvalue weighted by atomic mass is 9.94. The third-order valence-electron chi connectivity index (χ3n) is 4.92. The largest absolute Gasteiger partial charge is 0.504 e. The smallest absolute Gasteiger partial charge is 0.410 e. The Kier molecular flexibility index (Phi) is 7.04. The maximum Gasteiger partial charge on any atom is 0.410 e. The Bertz CT molecular complexity index is 1010. The number of phenols is 2. The lowest BCUT2D eigenvalue weighted by molar-refractivity contribution is -0.113. The second-order valence-corrected chi connectivity index (χ2v) is 7.09. The van der Waals surface area contributed by atoms with Gasteiger partial charge in [-0.25, -0.2) is 4.79 Å². The molecule has 32 heavy (non-hydrogen) atoms. The molecule has 2 aromatic rings. The Hall–Kier alpha value is -3.94. The number of likely N-dealkylation sites (tertiary alicyclic amines) is 1. The van der Waals surface area contributed by atoms with Gasteiger partial charge < -0.3 is 24.4 Å². The van der Waals surface area contributed by atoms with Gasteiger partial charge in [-0.15, -0.1) is 0 Å². The Labute approximate surface area is 185 Å². The molecule has 1 fully saturated rings. The number of Topliss-reactive ketones (excluding diaryl/α,β-unsaturated/α-hetero) is 1. The van der Waals surface area contributed by atoms with E-state index in [1.807, 2.05) is 0 Å². The van der Waals surface area contributed by atoms with Gasteiger partial charge in [0.2, 0.25) is 0 Å². The molecule has 1 aliphatic heterocycles. The number of phenolic OH excluding ortho intramolecular Hbond substituents is 2. The van der Waals surface area contributed by atoms with E-state index < -0.39 is 6.09 Å². The number of piperidine rings is 1. The Morgan fingerprint density at radius 1 is 0.938 bits per heavy atom. The van der Waals surface area contributed by atoms with E-state index in [0.717, 1.165) is 0 Å². The third kappa shape index (κ3) is 5.03. The zero-order valence-electron chi connectivity index (χ0n) is 18.1. The molecule has 2 aromatic carbocycles. The van der Waals surface area contributed by atoms with E-state index in [1.165, 1.54) is 31.3 Å². The van der Waals surface area contributed by atoms with Crippen molar-refractivity contribution in [3.8, 4) is 23.0 Å². The summed E-state index contributed by atoms with van der Waals surface area (Å²) in [6.45, 7) is 2.09. The quantitative estimate of drug-likeness (QED) is 0.686. The average Bonchev–Trinajstić information content (AvgIpc) is 2.78. The summed E-state index contributed by atoms with van der Waals surface area (Å²) in [5.74, 6) is 0.303. The maximum absolute atomic E-state index is 13.2. The molecule has 168 valence electrons. The van der Waals surface area contributed by atoms with Gasteiger partial charge in [0.25, 0.3) is 0 Å². The highest BCUT2D eigenvalue weighted by Crippen LogP contribution is 2.30. The number of hydrogen-bond acceptors (Lipinski definition) is 7. The van der Waals surface area contributed by atoms with E-state index in [-0.39, 0.29) is 48.5 Å². The fourth-order valence-corrected chi connectivity index (χ4v) is 3.35. The Morgan fingerprint density at radius 3 is 1.81 bits per heavy atom. The van der Waals surface area contributed by atoms with Crippen LogP contribution in [0.25, 0.3) is 12.2 Å². The number of rotatable bonds is 5. The first-order valence-corrected chi connectivity index (χ1v) is 9.97. The molecule has 0 unspecified atom stereocenters. The summed E-state index contributed by atoms with van der Waals surface area (Å²) < 4.78 is 15.4. The Balaban J connectivity index is 2.02. The molecule has 0 saturated carbocycles. The van der Waals surface area contributed by atoms with Crippen LogP contribution in [0, 0.1) is 0 Å². The second-order valence-electron chi connectivity index (χ2n) is 7.09. The van der Waals surface area contributed by atoms with Crippen LogP contribution in [-0.2, 0) is 9.53 Å². The highest BCUT2D eigenvalue weighted by molar-refractivity contribution is 6.15. The van der Waals surface area contributed by atoms with Crippen LogP contribution < -0.4 is 9.47 Å². The van der Waals surface area contributed by atoms with Gasteiger partial charge in [-0.3, -0.25) is 9.69 Å². The lowest BCUT2D eigenvalue weighted by Gasteiger charge is -2.29. The molecule has 8 heteroatoms. The number of ether oxygens (including phenoxy) is 3. The van der Waals surface area contributed by atoms with Gasteiger partial charge in [-0.05, 0) is 54.5 Å². The third-order valence-corrected chi connectivity index (χ3v) is 4.92. The lowest BCUT2D eigenvalue weighted by Crippen LogP contribution is -2.41. The van der Waals surface area contributed by atoms with Crippen molar-refractivity contribution in [2.45, 2.75) is 6.92 Å². The van der Waals surface area contributed by atoms with E-state index in [0.29, 0.717) is 22.3 Å². The minimum atomic E-state index is -0.525. The van der Waals surface area contributed by atoms with Gasteiger partial charge in [0.1, 0.15) is 0 Å². The van der Waals surface area contributed by atoms with E-state index in [9.17, 15) is 19.8 Å². The fraction of sp³-hybridized carbons (Fsp3) is 0.250. The summed E-state index contributed by atoms with van der Waals surface area (Å²) in [6, 6.07) is 9.45. The molecular formula is C24H25NO7. The highest BCUT2D eigenvalue weighted by Gasteiger charge is 2.30. The van der Waals surface area contributed by atoms with E-state index in [1.54, 1.807) is 43.3 Å². The summed E-state index contributed by atoms with van der Waals surface area (Å²) >= 11 is 0. The number of amides is 1. The van der Waals surface area contributed by atoms with Crippen molar-refractivity contribution < 1.29 is 34.0 Å². The van der Waals surface area contributed by atoms with Gasteiger partial charge in [-0.1, -0.05) is 12.1 Å². The first-order valence-electron chi connectivity index (χ1n) is 9.97. The van der Waals surface area contributed by atoms with Crippen LogP contribution >= 0.6 is 0 Å². The van der Waals surface area contributed by atoms with Crippen molar-refractivity contribution in [3.05, 3.63) is 58.7 Å². The molecule has 0 aromatic heterocycles. The SMILES string of the molecule is CCOC(=O)N1CC(=Cc2ccc(O)c(OC)c2)C(=O)C(=Cc2ccc(O)c(OC)c2)C1. The predicted octanol–water partition coefficient (Wildman–Crippen LogP) is 3.62. The summed E-state index contributed by atoms with van der Waals surface area (Å²) in [7, 11) is 2.87. The summed E-state index contributed by atoms with van der Waals surface area (Å²) in [6.07, 6.45) is 2.78. The molecular weight excluding hydrogens is 414 g/mol. The van der Waals surface area contributed by atoms with Crippen molar-refractivity contribution in [2.24, 2.45) is 0 Å². The summed E-state index contributed by atoms with van der Waals surface area (Å²) in [4.78, 5) is 27.1. The van der Waals surface area contributed by atoms with E-state index in [2.05, 4.69) is 0 Å². The molecule has 3 rings (SSSR count). The first kappa shape index (κ1) is 22.7. The molecule has 0 radical (unpaired) electrons. The molecule has 2 N–H and O–H groups in total. The van der Waals surface area contributed by atoms with Crippen molar-refractivity contribution in [2.75, 3.05) is 33.9 Å². The first-order chi connectivity index (χ1) is 15.4. The van der Waals surface area contributed by atoms with Crippen LogP contribution in [0.3, 0.4) is 0 Å². The van der Waals surface area contributed by atoms with Crippen LogP contribution in [0.5, 0.6) is 23.0 Å². The van der Waals surface area contributed by atoms with E-state index >= 15 is 0 Å². The number of hydrogen-bond donors (Lipinski definition) is 2.